The SMILES string of the molecule is CCP(=S)(Oc1ccccc1Cl)N(SBr)c1ccccc1. The second-order valence-electron chi connectivity index (χ2n) is 4.15. The van der Waals surface area contributed by atoms with Crippen LogP contribution in [0.3, 0.4) is 0 Å². The lowest BCUT2D eigenvalue weighted by Crippen LogP contribution is -2.15. The monoisotopic (exact) mass is 421 g/mol. The van der Waals surface area contributed by atoms with Crippen molar-refractivity contribution in [2.24, 2.45) is 0 Å². The number of para-hydroxylation sites is 2. The average Bonchev–Trinajstić information content (AvgIpc) is 2.51. The molecule has 112 valence electrons. The van der Waals surface area contributed by atoms with E-state index < -0.39 is 6.42 Å². The Morgan fingerprint density at radius 3 is 2.38 bits per heavy atom. The summed E-state index contributed by atoms with van der Waals surface area (Å²) in [7, 11) is 1.40. The molecule has 0 aliphatic heterocycles. The van der Waals surface area contributed by atoms with Crippen LogP contribution in [0.1, 0.15) is 6.92 Å². The van der Waals surface area contributed by atoms with Gasteiger partial charge in [0.2, 0.25) is 6.42 Å². The number of hydrogen-bond donors (Lipinski definition) is 0. The van der Waals surface area contributed by atoms with E-state index in [2.05, 4.69) is 14.8 Å². The molecule has 0 aliphatic rings. The van der Waals surface area contributed by atoms with Crippen molar-refractivity contribution < 1.29 is 4.52 Å². The average molecular weight is 423 g/mol. The minimum absolute atomic E-state index is 0.577. The highest BCUT2D eigenvalue weighted by Gasteiger charge is 2.28. The number of rotatable bonds is 6. The molecule has 0 amide bonds. The first kappa shape index (κ1) is 17.2. The van der Waals surface area contributed by atoms with Crippen molar-refractivity contribution in [2.75, 3.05) is 10.2 Å². The van der Waals surface area contributed by atoms with Crippen molar-refractivity contribution in [1.29, 1.82) is 0 Å². The van der Waals surface area contributed by atoms with Crippen LogP contribution in [-0.2, 0) is 11.8 Å². The maximum atomic E-state index is 6.19. The Morgan fingerprint density at radius 2 is 1.81 bits per heavy atom. The molecule has 21 heavy (non-hydrogen) atoms. The van der Waals surface area contributed by atoms with Crippen LogP contribution < -0.4 is 8.60 Å². The van der Waals surface area contributed by atoms with Gasteiger partial charge in [0.15, 0.2) is 0 Å². The van der Waals surface area contributed by atoms with Gasteiger partial charge in [0.05, 0.1) is 10.7 Å². The van der Waals surface area contributed by atoms with Crippen molar-refractivity contribution in [3.63, 3.8) is 0 Å². The summed E-state index contributed by atoms with van der Waals surface area (Å²) in [6.45, 7) is 2.04. The van der Waals surface area contributed by atoms with Gasteiger partial charge < -0.3 is 4.52 Å². The maximum absolute atomic E-state index is 6.19. The molecule has 1 atom stereocenters. The van der Waals surface area contributed by atoms with Crippen LogP contribution in [0.4, 0.5) is 5.69 Å². The summed E-state index contributed by atoms with van der Waals surface area (Å²) in [6, 6.07) is 17.4. The normalized spacial score (nSPS) is 13.5. The third-order valence-electron chi connectivity index (χ3n) is 2.80. The van der Waals surface area contributed by atoms with Gasteiger partial charge in [-0.25, -0.2) is 4.08 Å². The zero-order valence-electron chi connectivity index (χ0n) is 11.3. The highest BCUT2D eigenvalue weighted by Crippen LogP contribution is 2.58. The molecule has 2 aromatic carbocycles. The minimum Gasteiger partial charge on any atom is -0.446 e. The summed E-state index contributed by atoms with van der Waals surface area (Å²) < 4.78 is 8.18. The summed E-state index contributed by atoms with van der Waals surface area (Å²) in [5, 5.41) is 0.577. The molecule has 0 saturated heterocycles. The highest BCUT2D eigenvalue weighted by molar-refractivity contribution is 9.50. The Kier molecular flexibility index (Phi) is 6.45. The first-order valence-electron chi connectivity index (χ1n) is 6.28. The Balaban J connectivity index is 2.36. The van der Waals surface area contributed by atoms with Gasteiger partial charge in [-0.3, -0.25) is 0 Å². The second kappa shape index (κ2) is 7.89. The smallest absolute Gasteiger partial charge is 0.214 e. The van der Waals surface area contributed by atoms with Crippen LogP contribution in [0.25, 0.3) is 0 Å². The number of nitrogens with zero attached hydrogens (tertiary/aromatic N) is 1. The molecule has 0 radical (unpaired) electrons. The molecular weight excluding hydrogens is 409 g/mol. The third kappa shape index (κ3) is 4.17. The zero-order chi connectivity index (χ0) is 15.3. The lowest BCUT2D eigenvalue weighted by molar-refractivity contribution is 0.613. The van der Waals surface area contributed by atoms with E-state index in [1.165, 1.54) is 10.4 Å². The number of halogens is 2. The first-order chi connectivity index (χ1) is 10.1. The second-order valence-corrected chi connectivity index (χ2v) is 10.4. The minimum atomic E-state index is -2.28. The van der Waals surface area contributed by atoms with Crippen molar-refractivity contribution >= 4 is 60.7 Å². The van der Waals surface area contributed by atoms with Gasteiger partial charge >= 0.3 is 0 Å². The highest BCUT2D eigenvalue weighted by atomic mass is 79.9. The van der Waals surface area contributed by atoms with E-state index >= 15 is 0 Å². The fourth-order valence-electron chi connectivity index (χ4n) is 1.72. The van der Waals surface area contributed by atoms with Crippen LogP contribution in [0.5, 0.6) is 5.75 Å². The Labute approximate surface area is 147 Å². The Hall–Kier alpha value is -0.190. The van der Waals surface area contributed by atoms with Crippen LogP contribution in [0, 0.1) is 0 Å². The Morgan fingerprint density at radius 1 is 1.19 bits per heavy atom. The van der Waals surface area contributed by atoms with Gasteiger partial charge in [-0.15, -0.1) is 0 Å². The molecule has 0 fully saturated rings. The quantitative estimate of drug-likeness (QED) is 0.388. The van der Waals surface area contributed by atoms with Crippen LogP contribution >= 0.6 is 43.2 Å². The summed E-state index contributed by atoms with van der Waals surface area (Å²) >= 11 is 15.5. The molecule has 0 aliphatic carbocycles. The molecule has 2 rings (SSSR count). The topological polar surface area (TPSA) is 12.5 Å². The number of hydrogen-bond acceptors (Lipinski definition) is 3. The van der Waals surface area contributed by atoms with E-state index in [1.807, 2.05) is 59.5 Å². The molecule has 2 nitrogen and oxygen atoms in total. The summed E-state index contributed by atoms with van der Waals surface area (Å²) in [5.74, 6) is 0.631. The van der Waals surface area contributed by atoms with Gasteiger partial charge in [-0.2, -0.15) is 0 Å². The van der Waals surface area contributed by atoms with Crippen LogP contribution in [0.15, 0.2) is 54.6 Å². The predicted octanol–water partition coefficient (Wildman–Crippen LogP) is 6.51. The van der Waals surface area contributed by atoms with E-state index in [0.717, 1.165) is 11.8 Å². The maximum Gasteiger partial charge on any atom is 0.214 e. The molecule has 0 N–H and O–H groups in total. The van der Waals surface area contributed by atoms with Gasteiger partial charge in [-0.1, -0.05) is 48.9 Å². The molecular formula is C14H14BrClNOPS2. The van der Waals surface area contributed by atoms with Crippen molar-refractivity contribution in [3.8, 4) is 5.75 Å². The molecule has 2 aromatic rings. The first-order valence-corrected chi connectivity index (χ1v) is 12.1. The molecule has 7 heteroatoms. The Bertz CT molecular complexity index is 644. The van der Waals surface area contributed by atoms with Gasteiger partial charge in [0.25, 0.3) is 0 Å². The standard InChI is InChI=1S/C14H14BrClNOPS2/c1-2-19(20,18-14-11-7-6-10-13(14)16)17(21-15)12-8-4-3-5-9-12/h3-11H,2H2,1H3. The molecule has 0 heterocycles. The molecule has 0 spiro atoms. The third-order valence-corrected chi connectivity index (χ3v) is 9.89. The zero-order valence-corrected chi connectivity index (χ0v) is 16.1. The molecule has 1 unspecified atom stereocenters. The van der Waals surface area contributed by atoms with Gasteiger partial charge in [0.1, 0.15) is 5.75 Å². The molecule has 0 bridgehead atoms. The number of benzene rings is 2. The van der Waals surface area contributed by atoms with Crippen molar-refractivity contribution in [2.45, 2.75) is 6.92 Å². The van der Waals surface area contributed by atoms with Gasteiger partial charge in [-0.05, 0) is 36.1 Å². The summed E-state index contributed by atoms with van der Waals surface area (Å²) in [4.78, 5) is 0. The van der Waals surface area contributed by atoms with Gasteiger partial charge in [0, 0.05) is 31.4 Å². The number of anilines is 1. The van der Waals surface area contributed by atoms with Crippen molar-refractivity contribution in [3.05, 3.63) is 59.6 Å². The fourth-order valence-corrected chi connectivity index (χ4v) is 8.36. The predicted molar refractivity (Wildman–Crippen MR) is 102 cm³/mol. The van der Waals surface area contributed by atoms with Crippen LogP contribution in [0.2, 0.25) is 5.02 Å². The lowest BCUT2D eigenvalue weighted by atomic mass is 10.3. The molecule has 0 saturated carbocycles. The van der Waals surface area contributed by atoms with E-state index in [-0.39, 0.29) is 0 Å². The van der Waals surface area contributed by atoms with E-state index in [0.29, 0.717) is 10.8 Å². The summed E-state index contributed by atoms with van der Waals surface area (Å²) in [5.41, 5.74) is 1.01. The lowest BCUT2D eigenvalue weighted by Gasteiger charge is -2.33. The van der Waals surface area contributed by atoms with Crippen LogP contribution in [-0.4, -0.2) is 6.16 Å². The fraction of sp³-hybridized carbons (Fsp3) is 0.143. The van der Waals surface area contributed by atoms with E-state index in [1.54, 1.807) is 6.07 Å². The van der Waals surface area contributed by atoms with E-state index in [4.69, 9.17) is 27.9 Å². The van der Waals surface area contributed by atoms with Crippen molar-refractivity contribution in [1.82, 2.24) is 0 Å². The molecule has 0 aromatic heterocycles. The summed E-state index contributed by atoms with van der Waals surface area (Å²) in [6.07, 6.45) is -1.56. The van der Waals surface area contributed by atoms with E-state index in [9.17, 15) is 0 Å². The largest absolute Gasteiger partial charge is 0.446 e.